The second-order valence-corrected chi connectivity index (χ2v) is 8.32. The number of hydrogen-bond acceptors (Lipinski definition) is 3. The summed E-state index contributed by atoms with van der Waals surface area (Å²) in [7, 11) is 0. The van der Waals surface area contributed by atoms with Crippen molar-refractivity contribution in [3.05, 3.63) is 114 Å². The van der Waals surface area contributed by atoms with Gasteiger partial charge in [-0.3, -0.25) is 0 Å². The molecule has 0 atom stereocenters. The minimum atomic E-state index is 0.536. The van der Waals surface area contributed by atoms with Gasteiger partial charge in [0.05, 0.1) is 23.1 Å². The highest BCUT2D eigenvalue weighted by molar-refractivity contribution is 6.07. The first-order chi connectivity index (χ1) is 16.3. The molecule has 4 heteroatoms. The maximum absolute atomic E-state index is 6.25. The highest BCUT2D eigenvalue weighted by Crippen LogP contribution is 2.32. The first kappa shape index (κ1) is 19.5. The van der Waals surface area contributed by atoms with Gasteiger partial charge < -0.3 is 9.30 Å². The number of benzene rings is 4. The zero-order valence-electron chi connectivity index (χ0n) is 18.4. The summed E-state index contributed by atoms with van der Waals surface area (Å²) < 4.78 is 8.53. The van der Waals surface area contributed by atoms with Crippen molar-refractivity contribution in [3.8, 4) is 5.75 Å². The Morgan fingerprint density at radius 1 is 0.727 bits per heavy atom. The van der Waals surface area contributed by atoms with Crippen molar-refractivity contribution >= 4 is 33.1 Å². The molecule has 160 valence electrons. The van der Waals surface area contributed by atoms with E-state index in [0.717, 1.165) is 44.5 Å². The van der Waals surface area contributed by atoms with Gasteiger partial charge >= 0.3 is 0 Å². The normalized spacial score (nSPS) is 11.4. The topological polar surface area (TPSA) is 39.9 Å². The van der Waals surface area contributed by atoms with Crippen LogP contribution in [-0.2, 0) is 13.2 Å². The van der Waals surface area contributed by atoms with Crippen molar-refractivity contribution in [2.45, 2.75) is 20.1 Å². The number of fused-ring (bicyclic) bond motifs is 4. The number of hydrogen-bond donors (Lipinski definition) is 0. The molecular weight excluding hydrogens is 406 g/mol. The maximum Gasteiger partial charge on any atom is 0.160 e. The van der Waals surface area contributed by atoms with Gasteiger partial charge in [0.1, 0.15) is 17.9 Å². The summed E-state index contributed by atoms with van der Waals surface area (Å²) in [5.41, 5.74) is 8.30. The largest absolute Gasteiger partial charge is 0.489 e. The van der Waals surface area contributed by atoms with Crippen LogP contribution < -0.4 is 4.74 Å². The summed E-state index contributed by atoms with van der Waals surface area (Å²) in [5, 5.41) is 1.13. The molecule has 2 aromatic heterocycles. The van der Waals surface area contributed by atoms with E-state index in [-0.39, 0.29) is 0 Å². The minimum absolute atomic E-state index is 0.536. The van der Waals surface area contributed by atoms with Crippen LogP contribution in [0.5, 0.6) is 5.75 Å². The van der Waals surface area contributed by atoms with Gasteiger partial charge in [-0.25, -0.2) is 9.97 Å². The van der Waals surface area contributed by atoms with Gasteiger partial charge in [0.15, 0.2) is 5.65 Å². The van der Waals surface area contributed by atoms with E-state index >= 15 is 0 Å². The van der Waals surface area contributed by atoms with Crippen LogP contribution in [0.25, 0.3) is 33.1 Å². The summed E-state index contributed by atoms with van der Waals surface area (Å²) in [5.74, 6) is 0.888. The second-order valence-electron chi connectivity index (χ2n) is 8.32. The lowest BCUT2D eigenvalue weighted by Gasteiger charge is -2.14. The van der Waals surface area contributed by atoms with E-state index in [1.807, 2.05) is 54.6 Å². The summed E-state index contributed by atoms with van der Waals surface area (Å²) >= 11 is 0. The molecule has 0 N–H and O–H groups in total. The zero-order chi connectivity index (χ0) is 22.2. The average Bonchev–Trinajstić information content (AvgIpc) is 3.16. The molecule has 0 bridgehead atoms. The Hall–Kier alpha value is -4.18. The minimum Gasteiger partial charge on any atom is -0.489 e. The SMILES string of the molecule is Cc1cccc2c3nc4ccccc4nc3n(Cc3ccccc3OCc3ccccc3)c12. The number of aryl methyl sites for hydroxylation is 1. The Balaban J connectivity index is 1.49. The standard InChI is InChI=1S/C29H23N3O/c1-20-10-9-14-23-27-29(31-25-16-7-6-15-24(25)30-27)32(28(20)23)18-22-13-5-8-17-26(22)33-19-21-11-3-2-4-12-21/h2-17H,18-19H2,1H3. The molecule has 2 heterocycles. The third-order valence-corrected chi connectivity index (χ3v) is 6.11. The molecular formula is C29H23N3O. The molecule has 4 nitrogen and oxygen atoms in total. The molecule has 0 saturated heterocycles. The van der Waals surface area contributed by atoms with Crippen LogP contribution >= 0.6 is 0 Å². The second kappa shape index (κ2) is 8.06. The van der Waals surface area contributed by atoms with Gasteiger partial charge in [0.2, 0.25) is 0 Å². The summed E-state index contributed by atoms with van der Waals surface area (Å²) in [6.07, 6.45) is 0. The molecule has 0 aliphatic heterocycles. The Kier molecular flexibility index (Phi) is 4.76. The van der Waals surface area contributed by atoms with E-state index < -0.39 is 0 Å². The van der Waals surface area contributed by atoms with E-state index in [9.17, 15) is 0 Å². The van der Waals surface area contributed by atoms with Crippen molar-refractivity contribution in [2.24, 2.45) is 0 Å². The van der Waals surface area contributed by atoms with E-state index in [0.29, 0.717) is 13.2 Å². The molecule has 0 spiro atoms. The molecule has 6 rings (SSSR count). The molecule has 0 aliphatic carbocycles. The van der Waals surface area contributed by atoms with Crippen molar-refractivity contribution in [1.29, 1.82) is 0 Å². The quantitative estimate of drug-likeness (QED) is 0.307. The molecule has 6 aromatic rings. The van der Waals surface area contributed by atoms with E-state index in [2.05, 4.69) is 54.0 Å². The smallest absolute Gasteiger partial charge is 0.160 e. The van der Waals surface area contributed by atoms with Gasteiger partial charge in [0, 0.05) is 10.9 Å². The zero-order valence-corrected chi connectivity index (χ0v) is 18.4. The van der Waals surface area contributed by atoms with Gasteiger partial charge in [-0.1, -0.05) is 78.9 Å². The van der Waals surface area contributed by atoms with Crippen LogP contribution in [0.1, 0.15) is 16.7 Å². The van der Waals surface area contributed by atoms with E-state index in [4.69, 9.17) is 14.7 Å². The lowest BCUT2D eigenvalue weighted by atomic mass is 10.1. The molecule has 0 radical (unpaired) electrons. The summed E-state index contributed by atoms with van der Waals surface area (Å²) in [6.45, 7) is 3.34. The number of aromatic nitrogens is 3. The summed E-state index contributed by atoms with van der Waals surface area (Å²) in [4.78, 5) is 10.0. The van der Waals surface area contributed by atoms with E-state index in [1.165, 1.54) is 11.1 Å². The first-order valence-electron chi connectivity index (χ1n) is 11.2. The Labute approximate surface area is 192 Å². The lowest BCUT2D eigenvalue weighted by Crippen LogP contribution is -2.05. The number of nitrogens with zero attached hydrogens (tertiary/aromatic N) is 3. The molecule has 0 aliphatic rings. The molecule has 33 heavy (non-hydrogen) atoms. The Morgan fingerprint density at radius 2 is 1.45 bits per heavy atom. The monoisotopic (exact) mass is 429 g/mol. The first-order valence-corrected chi connectivity index (χ1v) is 11.2. The predicted molar refractivity (Wildman–Crippen MR) is 134 cm³/mol. The van der Waals surface area contributed by atoms with Crippen molar-refractivity contribution < 1.29 is 4.74 Å². The molecule has 4 aromatic carbocycles. The number of para-hydroxylation sites is 4. The van der Waals surface area contributed by atoms with Crippen LogP contribution in [0.4, 0.5) is 0 Å². The Bertz CT molecular complexity index is 1600. The third kappa shape index (κ3) is 3.50. The molecule has 0 saturated carbocycles. The molecule has 0 amide bonds. The molecule has 0 unspecified atom stereocenters. The van der Waals surface area contributed by atoms with E-state index in [1.54, 1.807) is 0 Å². The third-order valence-electron chi connectivity index (χ3n) is 6.11. The number of rotatable bonds is 5. The lowest BCUT2D eigenvalue weighted by molar-refractivity contribution is 0.302. The fraction of sp³-hybridized carbons (Fsp3) is 0.103. The highest BCUT2D eigenvalue weighted by Gasteiger charge is 2.17. The number of ether oxygens (including phenoxy) is 1. The molecule has 0 fully saturated rings. The van der Waals surface area contributed by atoms with Gasteiger partial charge in [-0.2, -0.15) is 0 Å². The predicted octanol–water partition coefficient (Wildman–Crippen LogP) is 6.67. The van der Waals surface area contributed by atoms with Crippen molar-refractivity contribution in [1.82, 2.24) is 14.5 Å². The van der Waals surface area contributed by atoms with Gasteiger partial charge in [-0.15, -0.1) is 0 Å². The van der Waals surface area contributed by atoms with Gasteiger partial charge in [0.25, 0.3) is 0 Å². The Morgan fingerprint density at radius 3 is 2.30 bits per heavy atom. The average molecular weight is 430 g/mol. The highest BCUT2D eigenvalue weighted by atomic mass is 16.5. The fourth-order valence-corrected chi connectivity index (χ4v) is 4.51. The summed E-state index contributed by atoms with van der Waals surface area (Å²) in [6, 6.07) is 33.0. The van der Waals surface area contributed by atoms with Crippen LogP contribution in [0, 0.1) is 6.92 Å². The maximum atomic E-state index is 6.25. The van der Waals surface area contributed by atoms with Crippen molar-refractivity contribution in [3.63, 3.8) is 0 Å². The van der Waals surface area contributed by atoms with Crippen LogP contribution in [-0.4, -0.2) is 14.5 Å². The van der Waals surface area contributed by atoms with Crippen LogP contribution in [0.15, 0.2) is 97.1 Å². The van der Waals surface area contributed by atoms with Crippen LogP contribution in [0.3, 0.4) is 0 Å². The van der Waals surface area contributed by atoms with Crippen molar-refractivity contribution in [2.75, 3.05) is 0 Å². The van der Waals surface area contributed by atoms with Crippen LogP contribution in [0.2, 0.25) is 0 Å². The van der Waals surface area contributed by atoms with Gasteiger partial charge in [-0.05, 0) is 36.2 Å². The fourth-order valence-electron chi connectivity index (χ4n) is 4.51.